The van der Waals surface area contributed by atoms with Crippen molar-refractivity contribution in [3.05, 3.63) is 59.9 Å². The van der Waals surface area contributed by atoms with E-state index in [1.54, 1.807) is 18.2 Å². The largest absolute Gasteiger partial charge is 0.486 e. The van der Waals surface area contributed by atoms with Crippen LogP contribution in [0.15, 0.2) is 48.5 Å². The van der Waals surface area contributed by atoms with Crippen molar-refractivity contribution in [1.29, 1.82) is 0 Å². The van der Waals surface area contributed by atoms with E-state index in [-0.39, 0.29) is 5.91 Å². The molecule has 3 aromatic rings. The lowest BCUT2D eigenvalue weighted by atomic mass is 10.1. The molecular weight excluding hydrogens is 406 g/mol. The van der Waals surface area contributed by atoms with Gasteiger partial charge in [0.25, 0.3) is 5.91 Å². The third-order valence-electron chi connectivity index (χ3n) is 5.14. The molecule has 0 spiro atoms. The molecule has 8 heteroatoms. The Morgan fingerprint density at radius 1 is 1.00 bits per heavy atom. The molecule has 0 aliphatic carbocycles. The maximum atomic E-state index is 12.8. The first-order chi connectivity index (χ1) is 15.6. The van der Waals surface area contributed by atoms with Gasteiger partial charge in [0.1, 0.15) is 30.7 Å². The lowest BCUT2D eigenvalue weighted by molar-refractivity contribution is 0.101. The predicted molar refractivity (Wildman–Crippen MR) is 125 cm³/mol. The molecule has 2 N–H and O–H groups in total. The number of fused-ring (bicyclic) bond motifs is 1. The van der Waals surface area contributed by atoms with E-state index < -0.39 is 0 Å². The lowest BCUT2D eigenvalue weighted by Gasteiger charge is -2.21. The zero-order valence-corrected chi connectivity index (χ0v) is 18.5. The van der Waals surface area contributed by atoms with Gasteiger partial charge in [-0.05, 0) is 57.2 Å². The summed E-state index contributed by atoms with van der Waals surface area (Å²) in [5.41, 5.74) is 1.99. The van der Waals surface area contributed by atoms with Crippen LogP contribution in [0.5, 0.6) is 11.5 Å². The number of rotatable bonds is 7. The van der Waals surface area contributed by atoms with Crippen LogP contribution in [0.1, 0.15) is 30.0 Å². The predicted octanol–water partition coefficient (Wildman–Crippen LogP) is 4.40. The van der Waals surface area contributed by atoms with Crippen LogP contribution >= 0.6 is 0 Å². The summed E-state index contributed by atoms with van der Waals surface area (Å²) in [5.74, 6) is 3.15. The Kier molecular flexibility index (Phi) is 6.39. The second-order valence-corrected chi connectivity index (χ2v) is 7.32. The van der Waals surface area contributed by atoms with Gasteiger partial charge in [0, 0.05) is 30.5 Å². The molecule has 2 heterocycles. The van der Waals surface area contributed by atoms with E-state index in [1.807, 2.05) is 37.3 Å². The molecule has 32 heavy (non-hydrogen) atoms. The molecule has 4 rings (SSSR count). The molecule has 166 valence electrons. The molecule has 0 unspecified atom stereocenters. The fourth-order valence-corrected chi connectivity index (χ4v) is 3.56. The SMILES string of the molecule is CCN(CC)c1cc(Nc2ccc(NC(=O)c3cccc4c3OCCO4)cc2)nc(C)n1. The first-order valence-electron chi connectivity index (χ1n) is 10.7. The van der Waals surface area contributed by atoms with Crippen molar-refractivity contribution >= 4 is 28.9 Å². The minimum Gasteiger partial charge on any atom is -0.486 e. The van der Waals surface area contributed by atoms with Crippen LogP contribution in [0.4, 0.5) is 23.0 Å². The maximum absolute atomic E-state index is 12.8. The molecule has 0 atom stereocenters. The highest BCUT2D eigenvalue weighted by atomic mass is 16.6. The van der Waals surface area contributed by atoms with Crippen molar-refractivity contribution in [2.75, 3.05) is 41.8 Å². The van der Waals surface area contributed by atoms with Gasteiger partial charge in [-0.25, -0.2) is 9.97 Å². The second-order valence-electron chi connectivity index (χ2n) is 7.32. The third kappa shape index (κ3) is 4.74. The number of para-hydroxylation sites is 1. The maximum Gasteiger partial charge on any atom is 0.259 e. The van der Waals surface area contributed by atoms with E-state index in [1.165, 1.54) is 0 Å². The Bertz CT molecular complexity index is 1100. The van der Waals surface area contributed by atoms with Gasteiger partial charge in [0.2, 0.25) is 0 Å². The molecule has 8 nitrogen and oxygen atoms in total. The van der Waals surface area contributed by atoms with Crippen LogP contribution in [0, 0.1) is 6.92 Å². The fraction of sp³-hybridized carbons (Fsp3) is 0.292. The number of nitrogens with one attached hydrogen (secondary N) is 2. The van der Waals surface area contributed by atoms with E-state index in [9.17, 15) is 4.79 Å². The Balaban J connectivity index is 1.46. The highest BCUT2D eigenvalue weighted by Crippen LogP contribution is 2.34. The molecular formula is C24H27N5O3. The van der Waals surface area contributed by atoms with E-state index in [0.29, 0.717) is 41.8 Å². The standard InChI is InChI=1S/C24H27N5O3/c1-4-29(5-2)22-15-21(25-16(3)26-22)27-17-9-11-18(12-10-17)28-24(30)19-7-6-8-20-23(19)32-14-13-31-20/h6-12,15H,4-5,13-14H2,1-3H3,(H,28,30)(H,25,26,27). The van der Waals surface area contributed by atoms with Gasteiger partial charge >= 0.3 is 0 Å². The lowest BCUT2D eigenvalue weighted by Crippen LogP contribution is -2.23. The number of aryl methyl sites for hydroxylation is 1. The van der Waals surface area contributed by atoms with Crippen LogP contribution in [-0.2, 0) is 0 Å². The monoisotopic (exact) mass is 433 g/mol. The van der Waals surface area contributed by atoms with Crippen molar-refractivity contribution in [2.24, 2.45) is 0 Å². The van der Waals surface area contributed by atoms with Crippen molar-refractivity contribution < 1.29 is 14.3 Å². The van der Waals surface area contributed by atoms with E-state index in [0.717, 1.165) is 30.4 Å². The van der Waals surface area contributed by atoms with Crippen molar-refractivity contribution in [2.45, 2.75) is 20.8 Å². The Morgan fingerprint density at radius 2 is 1.72 bits per heavy atom. The van der Waals surface area contributed by atoms with Crippen molar-refractivity contribution in [1.82, 2.24) is 9.97 Å². The Hall–Kier alpha value is -3.81. The minimum absolute atomic E-state index is 0.247. The van der Waals surface area contributed by atoms with Gasteiger partial charge in [-0.15, -0.1) is 0 Å². The summed E-state index contributed by atoms with van der Waals surface area (Å²) in [6, 6.07) is 14.7. The van der Waals surface area contributed by atoms with Crippen LogP contribution < -0.4 is 25.0 Å². The van der Waals surface area contributed by atoms with E-state index >= 15 is 0 Å². The number of aromatic nitrogens is 2. The van der Waals surface area contributed by atoms with Crippen LogP contribution in [0.2, 0.25) is 0 Å². The smallest absolute Gasteiger partial charge is 0.259 e. The highest BCUT2D eigenvalue weighted by Gasteiger charge is 2.20. The molecule has 0 bridgehead atoms. The quantitative estimate of drug-likeness (QED) is 0.571. The van der Waals surface area contributed by atoms with E-state index in [4.69, 9.17) is 9.47 Å². The zero-order chi connectivity index (χ0) is 22.5. The van der Waals surface area contributed by atoms with Crippen LogP contribution in [-0.4, -0.2) is 42.2 Å². The number of benzene rings is 2. The molecule has 0 fully saturated rings. The number of nitrogens with zero attached hydrogens (tertiary/aromatic N) is 3. The summed E-state index contributed by atoms with van der Waals surface area (Å²) >= 11 is 0. The minimum atomic E-state index is -0.247. The van der Waals surface area contributed by atoms with Gasteiger partial charge in [-0.3, -0.25) is 4.79 Å². The number of carbonyl (C=O) groups is 1. The summed E-state index contributed by atoms with van der Waals surface area (Å²) in [5, 5.41) is 6.23. The summed E-state index contributed by atoms with van der Waals surface area (Å²) < 4.78 is 11.2. The molecule has 1 amide bonds. The Labute approximate surface area is 187 Å². The van der Waals surface area contributed by atoms with Gasteiger partial charge in [-0.2, -0.15) is 0 Å². The molecule has 1 aliphatic rings. The second kappa shape index (κ2) is 9.55. The van der Waals surface area contributed by atoms with Gasteiger partial charge in [0.15, 0.2) is 11.5 Å². The molecule has 0 radical (unpaired) electrons. The first-order valence-corrected chi connectivity index (χ1v) is 10.7. The van der Waals surface area contributed by atoms with Crippen molar-refractivity contribution in [3.63, 3.8) is 0 Å². The number of ether oxygens (including phenoxy) is 2. The molecule has 2 aromatic carbocycles. The molecule has 1 aromatic heterocycles. The van der Waals surface area contributed by atoms with Gasteiger partial charge in [-0.1, -0.05) is 6.07 Å². The normalized spacial score (nSPS) is 12.2. The summed E-state index contributed by atoms with van der Waals surface area (Å²) in [4.78, 5) is 24.0. The topological polar surface area (TPSA) is 88.6 Å². The summed E-state index contributed by atoms with van der Waals surface area (Å²) in [6.45, 7) is 8.75. The Morgan fingerprint density at radius 3 is 2.47 bits per heavy atom. The number of amides is 1. The number of hydrogen-bond donors (Lipinski definition) is 2. The third-order valence-corrected chi connectivity index (χ3v) is 5.14. The van der Waals surface area contributed by atoms with E-state index in [2.05, 4.69) is 39.3 Å². The molecule has 0 saturated heterocycles. The number of anilines is 4. The summed E-state index contributed by atoms with van der Waals surface area (Å²) in [7, 11) is 0. The van der Waals surface area contributed by atoms with Gasteiger partial charge in [0.05, 0.1) is 5.56 Å². The first kappa shape index (κ1) is 21.4. The van der Waals surface area contributed by atoms with Gasteiger partial charge < -0.3 is 25.0 Å². The number of hydrogen-bond acceptors (Lipinski definition) is 7. The average Bonchev–Trinajstić information content (AvgIpc) is 2.80. The van der Waals surface area contributed by atoms with Crippen molar-refractivity contribution in [3.8, 4) is 11.5 Å². The molecule has 1 aliphatic heterocycles. The summed E-state index contributed by atoms with van der Waals surface area (Å²) in [6.07, 6.45) is 0. The number of carbonyl (C=O) groups excluding carboxylic acids is 1. The fourth-order valence-electron chi connectivity index (χ4n) is 3.56. The zero-order valence-electron chi connectivity index (χ0n) is 18.5. The van der Waals surface area contributed by atoms with Crippen LogP contribution in [0.3, 0.4) is 0 Å². The highest BCUT2D eigenvalue weighted by molar-refractivity contribution is 6.06. The molecule has 0 saturated carbocycles. The van der Waals surface area contributed by atoms with Crippen LogP contribution in [0.25, 0.3) is 0 Å². The average molecular weight is 434 g/mol.